The molecule has 1 amide bonds. The molecule has 3 aromatic carbocycles. The van der Waals surface area contributed by atoms with Crippen LogP contribution in [0.25, 0.3) is 11.1 Å². The minimum atomic E-state index is -4.21. The number of methoxy groups -OCH3 is 1. The molecule has 3 aromatic rings. The number of amides is 1. The maximum atomic E-state index is 13.4. The van der Waals surface area contributed by atoms with Crippen molar-refractivity contribution in [2.45, 2.75) is 0 Å². The van der Waals surface area contributed by atoms with Gasteiger partial charge in [0.05, 0.1) is 23.4 Å². The molecule has 0 unspecified atom stereocenters. The highest BCUT2D eigenvalue weighted by molar-refractivity contribution is 7.88. The summed E-state index contributed by atoms with van der Waals surface area (Å²) in [4.78, 5) is 24.8. The molecule has 0 radical (unpaired) electrons. The molecule has 0 atom stereocenters. The molecule has 184 valence electrons. The fraction of sp³-hybridized carbons (Fsp3) is 0.0800. The monoisotopic (exact) mass is 527 g/mol. The minimum Gasteiger partial charge on any atom is -0.465 e. The molecule has 0 bridgehead atoms. The summed E-state index contributed by atoms with van der Waals surface area (Å²) in [5.74, 6) is -1.89. The number of allylic oxidation sites excluding steroid dienone is 1. The lowest BCUT2D eigenvalue weighted by atomic mass is 9.99. The first kappa shape index (κ1) is 25.1. The summed E-state index contributed by atoms with van der Waals surface area (Å²) in [6.45, 7) is 0. The predicted octanol–water partition coefficient (Wildman–Crippen LogP) is 4.43. The van der Waals surface area contributed by atoms with E-state index < -0.39 is 27.9 Å². The van der Waals surface area contributed by atoms with E-state index in [1.807, 2.05) is 0 Å². The zero-order chi connectivity index (χ0) is 26.0. The molecular weight excluding hydrogens is 509 g/mol. The average molecular weight is 528 g/mol. The van der Waals surface area contributed by atoms with E-state index >= 15 is 0 Å². The van der Waals surface area contributed by atoms with Crippen LogP contribution in [0.3, 0.4) is 0 Å². The quantitative estimate of drug-likeness (QED) is 0.494. The van der Waals surface area contributed by atoms with E-state index in [2.05, 4.69) is 9.71 Å². The first-order valence-electron chi connectivity index (χ1n) is 10.4. The summed E-state index contributed by atoms with van der Waals surface area (Å²) in [5, 5.41) is 2.32. The number of nitrogens with zero attached hydrogens (tertiary/aromatic N) is 2. The molecule has 0 aromatic heterocycles. The number of hydrogen-bond acceptors (Lipinski definition) is 5. The summed E-state index contributed by atoms with van der Waals surface area (Å²) in [5.41, 5.74) is 2.22. The number of esters is 1. The van der Waals surface area contributed by atoms with E-state index in [9.17, 15) is 22.4 Å². The van der Waals surface area contributed by atoms with E-state index in [1.165, 1.54) is 32.4 Å². The van der Waals surface area contributed by atoms with Gasteiger partial charge in [-0.25, -0.2) is 13.5 Å². The van der Waals surface area contributed by atoms with Crippen molar-refractivity contribution in [2.24, 2.45) is 4.40 Å². The number of carbonyl (C=O) groups excluding carboxylic acids is 2. The number of halogens is 2. The third kappa shape index (κ3) is 5.14. The minimum absolute atomic E-state index is 0.0429. The van der Waals surface area contributed by atoms with Gasteiger partial charge in [0.2, 0.25) is 0 Å². The lowest BCUT2D eigenvalue weighted by molar-refractivity contribution is -0.113. The second-order valence-corrected chi connectivity index (χ2v) is 9.72. The van der Waals surface area contributed by atoms with Crippen molar-refractivity contribution < 1.29 is 27.1 Å². The van der Waals surface area contributed by atoms with Crippen molar-refractivity contribution in [1.29, 1.82) is 0 Å². The normalized spacial score (nSPS) is 14.5. The summed E-state index contributed by atoms with van der Waals surface area (Å²) in [6, 6.07) is 17.2. The molecule has 0 saturated heterocycles. The van der Waals surface area contributed by atoms with Crippen LogP contribution in [-0.4, -0.2) is 44.5 Å². The van der Waals surface area contributed by atoms with Crippen molar-refractivity contribution in [2.75, 3.05) is 19.5 Å². The second kappa shape index (κ2) is 9.92. The van der Waals surface area contributed by atoms with Crippen LogP contribution in [0.1, 0.15) is 15.9 Å². The third-order valence-electron chi connectivity index (χ3n) is 5.36. The van der Waals surface area contributed by atoms with Crippen LogP contribution in [0, 0.1) is 5.82 Å². The molecule has 0 fully saturated rings. The van der Waals surface area contributed by atoms with Crippen molar-refractivity contribution in [3.63, 3.8) is 0 Å². The Kier molecular flexibility index (Phi) is 6.91. The Morgan fingerprint density at radius 2 is 1.67 bits per heavy atom. The van der Waals surface area contributed by atoms with E-state index in [1.54, 1.807) is 48.5 Å². The van der Waals surface area contributed by atoms with Gasteiger partial charge in [-0.05, 0) is 53.6 Å². The fourth-order valence-electron chi connectivity index (χ4n) is 3.47. The fourth-order valence-corrected chi connectivity index (χ4v) is 4.57. The highest BCUT2D eigenvalue weighted by atomic mass is 35.5. The highest BCUT2D eigenvalue weighted by Gasteiger charge is 2.30. The first-order valence-corrected chi connectivity index (χ1v) is 12.2. The van der Waals surface area contributed by atoms with E-state index in [0.29, 0.717) is 22.3 Å². The van der Waals surface area contributed by atoms with Crippen molar-refractivity contribution in [1.82, 2.24) is 4.31 Å². The number of rotatable bonds is 5. The van der Waals surface area contributed by atoms with Gasteiger partial charge >= 0.3 is 16.2 Å². The van der Waals surface area contributed by atoms with Gasteiger partial charge in [-0.15, -0.1) is 4.40 Å². The molecule has 4 rings (SSSR count). The summed E-state index contributed by atoms with van der Waals surface area (Å²) < 4.78 is 48.3. The number of anilines is 1. The average Bonchev–Trinajstić information content (AvgIpc) is 2.87. The first-order chi connectivity index (χ1) is 17.1. The van der Waals surface area contributed by atoms with Crippen molar-refractivity contribution in [3.8, 4) is 11.1 Å². The third-order valence-corrected chi connectivity index (χ3v) is 6.96. The number of likely N-dealkylation sites (N-methyl/N-ethyl adjacent to an activating group) is 1. The molecular formula is C25H19ClFN3O5S. The molecule has 0 spiro atoms. The van der Waals surface area contributed by atoms with Gasteiger partial charge in [0, 0.05) is 18.3 Å². The molecule has 0 aliphatic carbocycles. The Labute approximate surface area is 211 Å². The second-order valence-electron chi connectivity index (χ2n) is 7.69. The lowest BCUT2D eigenvalue weighted by Gasteiger charge is -2.23. The Morgan fingerprint density at radius 3 is 2.36 bits per heavy atom. The van der Waals surface area contributed by atoms with Gasteiger partial charge in [-0.1, -0.05) is 41.9 Å². The maximum Gasteiger partial charge on any atom is 0.345 e. The molecule has 1 aliphatic heterocycles. The summed E-state index contributed by atoms with van der Waals surface area (Å²) in [7, 11) is -1.72. The molecule has 0 saturated carbocycles. The SMILES string of the molecule is COC(=O)c1cccc(-c2cccc(C3=NS(=O)(=O)N(C)C(C(=O)Nc4ccc(F)c(Cl)c4)=C3)c2)c1. The van der Waals surface area contributed by atoms with Gasteiger partial charge in [0.15, 0.2) is 0 Å². The molecule has 1 heterocycles. The van der Waals surface area contributed by atoms with E-state index in [0.717, 1.165) is 10.4 Å². The van der Waals surface area contributed by atoms with Gasteiger partial charge in [-0.3, -0.25) is 4.79 Å². The van der Waals surface area contributed by atoms with E-state index in [-0.39, 0.29) is 22.1 Å². The highest BCUT2D eigenvalue weighted by Crippen LogP contribution is 2.26. The zero-order valence-electron chi connectivity index (χ0n) is 19.0. The Hall–Kier alpha value is -4.02. The zero-order valence-corrected chi connectivity index (χ0v) is 20.6. The lowest BCUT2D eigenvalue weighted by Crippen LogP contribution is -2.35. The van der Waals surface area contributed by atoms with Crippen LogP contribution >= 0.6 is 11.6 Å². The summed E-state index contributed by atoms with van der Waals surface area (Å²) >= 11 is 5.77. The predicted molar refractivity (Wildman–Crippen MR) is 135 cm³/mol. The van der Waals surface area contributed by atoms with Gasteiger partial charge < -0.3 is 10.1 Å². The molecule has 36 heavy (non-hydrogen) atoms. The molecule has 11 heteroatoms. The van der Waals surface area contributed by atoms with Crippen LogP contribution < -0.4 is 5.32 Å². The Balaban J connectivity index is 1.70. The largest absolute Gasteiger partial charge is 0.465 e. The Morgan fingerprint density at radius 1 is 1.00 bits per heavy atom. The number of ether oxygens (including phenoxy) is 1. The van der Waals surface area contributed by atoms with Crippen LogP contribution in [0.15, 0.2) is 82.9 Å². The van der Waals surface area contributed by atoms with Crippen LogP contribution in [0.5, 0.6) is 0 Å². The molecule has 1 aliphatic rings. The van der Waals surface area contributed by atoms with E-state index in [4.69, 9.17) is 16.3 Å². The smallest absolute Gasteiger partial charge is 0.345 e. The van der Waals surface area contributed by atoms with Crippen LogP contribution in [0.2, 0.25) is 5.02 Å². The topological polar surface area (TPSA) is 105 Å². The molecule has 1 N–H and O–H groups in total. The number of nitrogens with one attached hydrogen (secondary N) is 1. The number of hydrogen-bond donors (Lipinski definition) is 1. The van der Waals surface area contributed by atoms with Gasteiger partial charge in [0.25, 0.3) is 5.91 Å². The standard InChI is InChI=1S/C25H19ClFN3O5S/c1-30-23(24(31)28-19-9-10-21(27)20(26)13-19)14-22(29-36(30,33)34)17-7-3-5-15(11-17)16-6-4-8-18(12-16)25(32)35-2/h3-14H,1-2H3,(H,28,31). The van der Waals surface area contributed by atoms with Gasteiger partial charge in [0.1, 0.15) is 11.5 Å². The number of benzene rings is 3. The van der Waals surface area contributed by atoms with Crippen LogP contribution in [-0.2, 0) is 19.7 Å². The maximum absolute atomic E-state index is 13.4. The van der Waals surface area contributed by atoms with Crippen LogP contribution in [0.4, 0.5) is 10.1 Å². The molecule has 8 nitrogen and oxygen atoms in total. The Bertz CT molecular complexity index is 1550. The van der Waals surface area contributed by atoms with Crippen molar-refractivity contribution in [3.05, 3.63) is 100 Å². The van der Waals surface area contributed by atoms with Crippen molar-refractivity contribution >= 4 is 45.1 Å². The summed E-state index contributed by atoms with van der Waals surface area (Å²) in [6.07, 6.45) is 1.34. The van der Waals surface area contributed by atoms with Gasteiger partial charge in [-0.2, -0.15) is 8.42 Å². The number of carbonyl (C=O) groups is 2.